The number of rotatable bonds is 20. The van der Waals surface area contributed by atoms with Gasteiger partial charge in [0.25, 0.3) is 0 Å². The molecule has 0 saturated heterocycles. The van der Waals surface area contributed by atoms with Crippen LogP contribution < -0.4 is 2.89 Å². The maximum absolute atomic E-state index is 2.76. The van der Waals surface area contributed by atoms with E-state index in [1.54, 1.807) is 18.9 Å². The Morgan fingerprint density at radius 3 is 1.73 bits per heavy atom. The summed E-state index contributed by atoms with van der Waals surface area (Å²) >= 11 is -0.0155. The third kappa shape index (κ3) is 10.9. The first-order chi connectivity index (χ1) is 14.7. The van der Waals surface area contributed by atoms with E-state index in [1.807, 2.05) is 2.89 Å². The predicted molar refractivity (Wildman–Crippen MR) is 144 cm³/mol. The van der Waals surface area contributed by atoms with E-state index in [1.165, 1.54) is 96.3 Å². The Morgan fingerprint density at radius 1 is 0.667 bits per heavy atom. The van der Waals surface area contributed by atoms with Gasteiger partial charge in [0.1, 0.15) is 0 Å². The Morgan fingerprint density at radius 2 is 1.20 bits per heavy atom. The average molecular weight is 542 g/mol. The van der Waals surface area contributed by atoms with Gasteiger partial charge in [-0.15, -0.1) is 0 Å². The van der Waals surface area contributed by atoms with Crippen LogP contribution in [-0.2, 0) is 6.42 Å². The van der Waals surface area contributed by atoms with Crippen LogP contribution >= 0.6 is 11.3 Å². The van der Waals surface area contributed by atoms with Crippen LogP contribution in [0.2, 0.25) is 13.3 Å². The minimum absolute atomic E-state index is 0.927. The van der Waals surface area contributed by atoms with Gasteiger partial charge in [0.2, 0.25) is 0 Å². The summed E-state index contributed by atoms with van der Waals surface area (Å²) in [5.74, 6) is 0.927. The molecule has 1 rings (SSSR count). The van der Waals surface area contributed by atoms with E-state index < -0.39 is 18.4 Å². The second-order valence-corrected chi connectivity index (χ2v) is 25.0. The molecule has 0 nitrogen and oxygen atoms in total. The quantitative estimate of drug-likeness (QED) is 0.114. The summed E-state index contributed by atoms with van der Waals surface area (Å²) in [5, 5.41) is 2.59. The zero-order chi connectivity index (χ0) is 22.1. The average Bonchev–Trinajstić information content (AvgIpc) is 3.23. The molecule has 0 aliphatic carbocycles. The number of hydrogen-bond acceptors (Lipinski definition) is 1. The molecular formula is C28H54SSn. The molecule has 0 bridgehead atoms. The van der Waals surface area contributed by atoms with Gasteiger partial charge in [-0.25, -0.2) is 0 Å². The van der Waals surface area contributed by atoms with Crippen molar-refractivity contribution in [3.8, 4) is 0 Å². The van der Waals surface area contributed by atoms with E-state index >= 15 is 0 Å². The van der Waals surface area contributed by atoms with Crippen LogP contribution in [0.3, 0.4) is 0 Å². The van der Waals surface area contributed by atoms with Gasteiger partial charge in [0, 0.05) is 0 Å². The van der Waals surface area contributed by atoms with Crippen LogP contribution in [0.25, 0.3) is 0 Å². The van der Waals surface area contributed by atoms with Gasteiger partial charge in [0.05, 0.1) is 0 Å². The molecule has 1 heterocycles. The first-order valence-corrected chi connectivity index (χ1v) is 22.1. The molecule has 1 atom stereocenters. The first-order valence-electron chi connectivity index (χ1n) is 13.7. The molecule has 1 aromatic rings. The number of hydrogen-bond donors (Lipinski definition) is 0. The minimum atomic E-state index is -2.21. The fraction of sp³-hybridized carbons (Fsp3) is 0.857. The molecule has 0 aliphatic heterocycles. The second kappa shape index (κ2) is 18.0. The molecule has 2 heteroatoms. The van der Waals surface area contributed by atoms with Gasteiger partial charge in [-0.1, -0.05) is 0 Å². The van der Waals surface area contributed by atoms with Crippen molar-refractivity contribution < 1.29 is 0 Å². The van der Waals surface area contributed by atoms with Crippen LogP contribution in [0.15, 0.2) is 11.4 Å². The van der Waals surface area contributed by atoms with Crippen molar-refractivity contribution in [2.45, 2.75) is 144 Å². The summed E-state index contributed by atoms with van der Waals surface area (Å²) in [6.45, 7) is 11.9. The molecule has 0 saturated carbocycles. The molecule has 0 aromatic carbocycles. The number of unbranched alkanes of at least 4 members (excludes halogenated alkanes) is 7. The Bertz CT molecular complexity index is 485. The van der Waals surface area contributed by atoms with Gasteiger partial charge in [-0.2, -0.15) is 0 Å². The van der Waals surface area contributed by atoms with Crippen molar-refractivity contribution in [2.24, 2.45) is 5.92 Å². The van der Waals surface area contributed by atoms with E-state index in [9.17, 15) is 0 Å². The maximum atomic E-state index is 2.76. The second-order valence-electron chi connectivity index (χ2n) is 9.97. The van der Waals surface area contributed by atoms with Gasteiger partial charge in [-0.3, -0.25) is 0 Å². The third-order valence-corrected chi connectivity index (χ3v) is 26.5. The van der Waals surface area contributed by atoms with Crippen molar-refractivity contribution in [3.05, 3.63) is 17.0 Å². The summed E-state index contributed by atoms with van der Waals surface area (Å²) in [5.41, 5.74) is 1.71. The van der Waals surface area contributed by atoms with E-state index in [0.717, 1.165) is 5.92 Å². The molecule has 0 N–H and O–H groups in total. The summed E-state index contributed by atoms with van der Waals surface area (Å²) < 4.78 is 6.78. The Labute approximate surface area is 198 Å². The monoisotopic (exact) mass is 542 g/mol. The fourth-order valence-corrected chi connectivity index (χ4v) is 25.2. The van der Waals surface area contributed by atoms with Gasteiger partial charge in [0.15, 0.2) is 0 Å². The molecule has 30 heavy (non-hydrogen) atoms. The topological polar surface area (TPSA) is 0 Å². The Hall–Kier alpha value is 0.499. The molecule has 176 valence electrons. The van der Waals surface area contributed by atoms with Crippen molar-refractivity contribution in [1.29, 1.82) is 0 Å². The van der Waals surface area contributed by atoms with Gasteiger partial charge in [-0.05, 0) is 0 Å². The van der Waals surface area contributed by atoms with Gasteiger partial charge >= 0.3 is 200 Å². The molecule has 1 unspecified atom stereocenters. The third-order valence-electron chi connectivity index (χ3n) is 7.16. The summed E-state index contributed by atoms with van der Waals surface area (Å²) in [7, 11) is 0. The van der Waals surface area contributed by atoms with Crippen LogP contribution in [0.1, 0.15) is 130 Å². The van der Waals surface area contributed by atoms with Crippen molar-refractivity contribution >= 4 is 32.6 Å². The Balaban J connectivity index is 2.91. The van der Waals surface area contributed by atoms with Crippen molar-refractivity contribution in [1.82, 2.24) is 0 Å². The summed E-state index contributed by atoms with van der Waals surface area (Å²) in [6, 6.07) is 2.76. The predicted octanol–water partition coefficient (Wildman–Crippen LogP) is 10.1. The van der Waals surface area contributed by atoms with Gasteiger partial charge < -0.3 is 0 Å². The van der Waals surface area contributed by atoms with E-state index in [4.69, 9.17) is 0 Å². The van der Waals surface area contributed by atoms with E-state index in [0.29, 0.717) is 0 Å². The summed E-state index contributed by atoms with van der Waals surface area (Å²) in [6.07, 6.45) is 21.3. The van der Waals surface area contributed by atoms with Crippen molar-refractivity contribution in [3.63, 3.8) is 0 Å². The van der Waals surface area contributed by atoms with Crippen LogP contribution in [0.4, 0.5) is 0 Å². The molecule has 0 fully saturated rings. The van der Waals surface area contributed by atoms with Crippen LogP contribution in [-0.4, -0.2) is 18.4 Å². The first kappa shape index (κ1) is 28.5. The molecule has 1 aromatic heterocycles. The van der Waals surface area contributed by atoms with E-state index in [-0.39, 0.29) is 0 Å². The van der Waals surface area contributed by atoms with Crippen molar-refractivity contribution in [2.75, 3.05) is 0 Å². The van der Waals surface area contributed by atoms with Crippen LogP contribution in [0.5, 0.6) is 0 Å². The molecule has 0 radical (unpaired) electrons. The Kier molecular flexibility index (Phi) is 17.1. The standard InChI is InChI=1S/C16H27S.3C4H9.Sn/c1-3-5-7-8-10-15(9-6-4-2)13-16-11-12-17-14-16;3*1-3-4-2;/h11,14-15H,3-10,13H2,1-2H3;3*1,3-4H2,2H3;. The normalized spacial score (nSPS) is 13.1. The number of thiophene rings is 1. The summed E-state index contributed by atoms with van der Waals surface area (Å²) in [4.78, 5) is 0. The zero-order valence-corrected chi connectivity index (χ0v) is 25.0. The molecule has 0 spiro atoms. The SMILES string of the molecule is CCCCCCC(CCCC)Cc1cs[c]([Sn]([CH2]CCC)([CH2]CCC)[CH2]CCC)c1. The zero-order valence-electron chi connectivity index (χ0n) is 21.4. The van der Waals surface area contributed by atoms with E-state index in [2.05, 4.69) is 57.4 Å². The molecule has 0 amide bonds. The molecular weight excluding hydrogens is 487 g/mol. The fourth-order valence-electron chi connectivity index (χ4n) is 5.09. The van der Waals surface area contributed by atoms with Crippen LogP contribution in [0, 0.1) is 5.92 Å². The molecule has 0 aliphatic rings.